The van der Waals surface area contributed by atoms with Gasteiger partial charge in [-0.2, -0.15) is 0 Å². The molecule has 2 rings (SSSR count). The highest BCUT2D eigenvalue weighted by atomic mass is 79.9. The Bertz CT molecular complexity index is 691. The molecule has 0 aliphatic carbocycles. The molecule has 0 saturated carbocycles. The SMILES string of the molecule is C[C@H](O)c1ccc(Oc2cc(Br)ccc2Cl)c([N+](=O)[O-])c1. The van der Waals surface area contributed by atoms with E-state index in [0.29, 0.717) is 16.3 Å². The normalized spacial score (nSPS) is 12.0. The maximum absolute atomic E-state index is 11.1. The van der Waals surface area contributed by atoms with Gasteiger partial charge in [-0.05, 0) is 36.8 Å². The lowest BCUT2D eigenvalue weighted by atomic mass is 10.1. The van der Waals surface area contributed by atoms with E-state index in [9.17, 15) is 15.2 Å². The Morgan fingerprint density at radius 2 is 2.00 bits per heavy atom. The van der Waals surface area contributed by atoms with Gasteiger partial charge in [0.25, 0.3) is 0 Å². The first-order valence-corrected chi connectivity index (χ1v) is 7.15. The second-order valence-corrected chi connectivity index (χ2v) is 5.66. The van der Waals surface area contributed by atoms with Crippen LogP contribution in [-0.4, -0.2) is 10.0 Å². The van der Waals surface area contributed by atoms with Crippen molar-refractivity contribution in [1.82, 2.24) is 0 Å². The van der Waals surface area contributed by atoms with Gasteiger partial charge in [-0.1, -0.05) is 33.6 Å². The van der Waals surface area contributed by atoms with Crippen molar-refractivity contribution in [3.05, 3.63) is 61.6 Å². The number of nitrogens with zero attached hydrogens (tertiary/aromatic N) is 1. The molecule has 0 aliphatic rings. The molecule has 0 saturated heterocycles. The van der Waals surface area contributed by atoms with Crippen LogP contribution in [0.1, 0.15) is 18.6 Å². The molecule has 2 aromatic rings. The Morgan fingerprint density at radius 1 is 1.29 bits per heavy atom. The molecule has 0 aliphatic heterocycles. The summed E-state index contributed by atoms with van der Waals surface area (Å²) in [5.74, 6) is 0.364. The van der Waals surface area contributed by atoms with Gasteiger partial charge in [-0.25, -0.2) is 0 Å². The third-order valence-electron chi connectivity index (χ3n) is 2.78. The van der Waals surface area contributed by atoms with E-state index in [-0.39, 0.29) is 11.4 Å². The molecule has 1 atom stereocenters. The van der Waals surface area contributed by atoms with Crippen LogP contribution in [0.4, 0.5) is 5.69 Å². The number of aliphatic hydroxyl groups is 1. The smallest absolute Gasteiger partial charge is 0.311 e. The van der Waals surface area contributed by atoms with E-state index in [1.54, 1.807) is 24.3 Å². The first-order valence-electron chi connectivity index (χ1n) is 5.98. The van der Waals surface area contributed by atoms with Gasteiger partial charge >= 0.3 is 5.69 Å². The third-order valence-corrected chi connectivity index (χ3v) is 3.58. The van der Waals surface area contributed by atoms with Gasteiger partial charge in [0.2, 0.25) is 5.75 Å². The Balaban J connectivity index is 2.44. The van der Waals surface area contributed by atoms with Gasteiger partial charge in [0.1, 0.15) is 5.75 Å². The van der Waals surface area contributed by atoms with Crippen LogP contribution in [0.25, 0.3) is 0 Å². The number of ether oxygens (including phenoxy) is 1. The topological polar surface area (TPSA) is 72.6 Å². The molecule has 0 aromatic heterocycles. The lowest BCUT2D eigenvalue weighted by molar-refractivity contribution is -0.385. The number of nitro benzene ring substituents is 1. The first kappa shape index (κ1) is 15.8. The predicted molar refractivity (Wildman–Crippen MR) is 83.0 cm³/mol. The molecule has 7 heteroatoms. The van der Waals surface area contributed by atoms with Crippen LogP contribution in [0.3, 0.4) is 0 Å². The lowest BCUT2D eigenvalue weighted by Crippen LogP contribution is -1.97. The minimum Gasteiger partial charge on any atom is -0.449 e. The summed E-state index contributed by atoms with van der Waals surface area (Å²) < 4.78 is 6.27. The van der Waals surface area contributed by atoms with Gasteiger partial charge in [0.15, 0.2) is 0 Å². The highest BCUT2D eigenvalue weighted by Gasteiger charge is 2.19. The Labute approximate surface area is 134 Å². The maximum atomic E-state index is 11.1. The van der Waals surface area contributed by atoms with E-state index in [1.807, 2.05) is 0 Å². The second kappa shape index (κ2) is 6.43. The third kappa shape index (κ3) is 3.72. The number of aliphatic hydroxyl groups excluding tert-OH is 1. The second-order valence-electron chi connectivity index (χ2n) is 4.34. The van der Waals surface area contributed by atoms with Gasteiger partial charge in [-0.15, -0.1) is 0 Å². The molecular formula is C14H11BrClNO4. The molecule has 0 fully saturated rings. The van der Waals surface area contributed by atoms with Crippen molar-refractivity contribution >= 4 is 33.2 Å². The van der Waals surface area contributed by atoms with Crippen LogP contribution in [-0.2, 0) is 0 Å². The van der Waals surface area contributed by atoms with Crippen LogP contribution in [0.5, 0.6) is 11.5 Å². The molecular weight excluding hydrogens is 362 g/mol. The Hall–Kier alpha value is -1.63. The highest BCUT2D eigenvalue weighted by Crippen LogP contribution is 2.37. The summed E-state index contributed by atoms with van der Waals surface area (Å²) in [5.41, 5.74) is 0.207. The largest absolute Gasteiger partial charge is 0.449 e. The van der Waals surface area contributed by atoms with Crippen LogP contribution in [0.2, 0.25) is 5.02 Å². The van der Waals surface area contributed by atoms with Crippen molar-refractivity contribution in [2.45, 2.75) is 13.0 Å². The van der Waals surface area contributed by atoms with Crippen molar-refractivity contribution in [3.63, 3.8) is 0 Å². The molecule has 0 unspecified atom stereocenters. The fraction of sp³-hybridized carbons (Fsp3) is 0.143. The van der Waals surface area contributed by atoms with Gasteiger partial charge in [-0.3, -0.25) is 10.1 Å². The zero-order valence-corrected chi connectivity index (χ0v) is 13.3. The van der Waals surface area contributed by atoms with E-state index < -0.39 is 11.0 Å². The van der Waals surface area contributed by atoms with Gasteiger partial charge in [0.05, 0.1) is 16.0 Å². The summed E-state index contributed by atoms with van der Waals surface area (Å²) >= 11 is 9.29. The lowest BCUT2D eigenvalue weighted by Gasteiger charge is -2.10. The average molecular weight is 373 g/mol. The summed E-state index contributed by atoms with van der Waals surface area (Å²) in [4.78, 5) is 10.6. The van der Waals surface area contributed by atoms with Crippen molar-refractivity contribution in [2.75, 3.05) is 0 Å². The molecule has 0 radical (unpaired) electrons. The number of rotatable bonds is 4. The summed E-state index contributed by atoms with van der Waals surface area (Å²) in [5, 5.41) is 21.0. The summed E-state index contributed by atoms with van der Waals surface area (Å²) in [7, 11) is 0. The Kier molecular flexibility index (Phi) is 4.82. The molecule has 1 N–H and O–H groups in total. The average Bonchev–Trinajstić information content (AvgIpc) is 2.42. The monoisotopic (exact) mass is 371 g/mol. The van der Waals surface area contributed by atoms with Crippen LogP contribution >= 0.6 is 27.5 Å². The van der Waals surface area contributed by atoms with Gasteiger partial charge < -0.3 is 9.84 Å². The van der Waals surface area contributed by atoms with E-state index in [0.717, 1.165) is 4.47 Å². The summed E-state index contributed by atoms with van der Waals surface area (Å²) in [6, 6.07) is 9.27. The van der Waals surface area contributed by atoms with E-state index in [2.05, 4.69) is 15.9 Å². The summed E-state index contributed by atoms with van der Waals surface area (Å²) in [6.45, 7) is 1.53. The Morgan fingerprint density at radius 3 is 2.62 bits per heavy atom. The standard InChI is InChI=1S/C14H11BrClNO4/c1-8(18)9-2-5-13(12(6-9)17(19)20)21-14-7-10(15)3-4-11(14)16/h2-8,18H,1H3/t8-/m0/s1. The fourth-order valence-electron chi connectivity index (χ4n) is 1.70. The van der Waals surface area contributed by atoms with E-state index in [4.69, 9.17) is 16.3 Å². The van der Waals surface area contributed by atoms with Gasteiger partial charge in [0, 0.05) is 10.5 Å². The molecule has 0 amide bonds. The van der Waals surface area contributed by atoms with Crippen molar-refractivity contribution in [1.29, 1.82) is 0 Å². The van der Waals surface area contributed by atoms with Crippen molar-refractivity contribution in [3.8, 4) is 11.5 Å². The van der Waals surface area contributed by atoms with Crippen molar-refractivity contribution in [2.24, 2.45) is 0 Å². The number of halogens is 2. The minimum absolute atomic E-state index is 0.0596. The molecule has 5 nitrogen and oxygen atoms in total. The molecule has 0 bridgehead atoms. The van der Waals surface area contributed by atoms with Crippen LogP contribution < -0.4 is 4.74 Å². The number of hydrogen-bond donors (Lipinski definition) is 1. The zero-order chi connectivity index (χ0) is 15.6. The predicted octanol–water partition coefficient (Wildman–Crippen LogP) is 4.86. The number of hydrogen-bond acceptors (Lipinski definition) is 4. The molecule has 0 spiro atoms. The van der Waals surface area contributed by atoms with Crippen LogP contribution in [0.15, 0.2) is 40.9 Å². The van der Waals surface area contributed by atoms with E-state index >= 15 is 0 Å². The molecule has 21 heavy (non-hydrogen) atoms. The van der Waals surface area contributed by atoms with Crippen molar-refractivity contribution < 1.29 is 14.8 Å². The number of nitro groups is 1. The minimum atomic E-state index is -0.799. The zero-order valence-electron chi connectivity index (χ0n) is 10.9. The number of benzene rings is 2. The summed E-state index contributed by atoms with van der Waals surface area (Å²) in [6.07, 6.45) is -0.799. The maximum Gasteiger partial charge on any atom is 0.311 e. The first-order chi connectivity index (χ1) is 9.88. The quantitative estimate of drug-likeness (QED) is 0.614. The molecule has 110 valence electrons. The highest BCUT2D eigenvalue weighted by molar-refractivity contribution is 9.10. The van der Waals surface area contributed by atoms with Crippen LogP contribution in [0, 0.1) is 10.1 Å². The molecule has 2 aromatic carbocycles. The fourth-order valence-corrected chi connectivity index (χ4v) is 2.19. The van der Waals surface area contributed by atoms with E-state index in [1.165, 1.54) is 19.1 Å². The molecule has 0 heterocycles.